The van der Waals surface area contributed by atoms with Crippen molar-refractivity contribution in [2.75, 3.05) is 13.1 Å². The molecule has 0 spiro atoms. The van der Waals surface area contributed by atoms with Crippen LogP contribution in [0.15, 0.2) is 15.6 Å². The number of hydrogen-bond acceptors (Lipinski definition) is 4. The zero-order valence-electron chi connectivity index (χ0n) is 15.5. The summed E-state index contributed by atoms with van der Waals surface area (Å²) in [5.41, 5.74) is 5.73. The molecule has 1 rings (SSSR count). The number of primary amides is 1. The summed E-state index contributed by atoms with van der Waals surface area (Å²) in [5.74, 6) is 1.42. The van der Waals surface area contributed by atoms with E-state index in [1.807, 2.05) is 13.0 Å². The lowest BCUT2D eigenvalue weighted by atomic mass is 9.93. The SMILES string of the molecule is CCNC(=NCc1cc(C(CC)CC)no1)NCC(C)(C)C(N)=O. The van der Waals surface area contributed by atoms with Crippen molar-refractivity contribution in [2.45, 2.75) is 59.9 Å². The van der Waals surface area contributed by atoms with Gasteiger partial charge in [0.15, 0.2) is 11.7 Å². The fraction of sp³-hybridized carbons (Fsp3) is 0.706. The van der Waals surface area contributed by atoms with Crippen LogP contribution in [0.4, 0.5) is 0 Å². The van der Waals surface area contributed by atoms with Gasteiger partial charge in [-0.1, -0.05) is 19.0 Å². The fourth-order valence-electron chi connectivity index (χ4n) is 2.19. The summed E-state index contributed by atoms with van der Waals surface area (Å²) in [6, 6.07) is 1.97. The van der Waals surface area contributed by atoms with Crippen LogP contribution in [-0.4, -0.2) is 30.1 Å². The maximum atomic E-state index is 11.4. The monoisotopic (exact) mass is 337 g/mol. The molecule has 24 heavy (non-hydrogen) atoms. The molecule has 136 valence electrons. The van der Waals surface area contributed by atoms with Crippen LogP contribution in [0.5, 0.6) is 0 Å². The molecule has 0 saturated heterocycles. The van der Waals surface area contributed by atoms with Crippen LogP contribution in [0.2, 0.25) is 0 Å². The molecule has 1 amide bonds. The highest BCUT2D eigenvalue weighted by Gasteiger charge is 2.25. The van der Waals surface area contributed by atoms with Crippen LogP contribution < -0.4 is 16.4 Å². The first-order valence-corrected chi connectivity index (χ1v) is 8.61. The smallest absolute Gasteiger partial charge is 0.224 e. The minimum Gasteiger partial charge on any atom is -0.369 e. The molecule has 0 atom stereocenters. The molecule has 1 heterocycles. The average Bonchev–Trinajstić information content (AvgIpc) is 3.00. The molecule has 7 nitrogen and oxygen atoms in total. The Balaban J connectivity index is 2.70. The molecule has 1 aromatic rings. The van der Waals surface area contributed by atoms with E-state index in [-0.39, 0.29) is 5.91 Å². The highest BCUT2D eigenvalue weighted by atomic mass is 16.5. The van der Waals surface area contributed by atoms with Crippen molar-refractivity contribution in [3.05, 3.63) is 17.5 Å². The van der Waals surface area contributed by atoms with Crippen LogP contribution in [0, 0.1) is 5.41 Å². The zero-order chi connectivity index (χ0) is 18.2. The van der Waals surface area contributed by atoms with E-state index in [4.69, 9.17) is 10.3 Å². The van der Waals surface area contributed by atoms with E-state index in [0.717, 1.165) is 30.8 Å². The quantitative estimate of drug-likeness (QED) is 0.473. The van der Waals surface area contributed by atoms with Gasteiger partial charge in [-0.25, -0.2) is 4.99 Å². The van der Waals surface area contributed by atoms with Crippen molar-refractivity contribution in [3.63, 3.8) is 0 Å². The second kappa shape index (κ2) is 9.30. The molecule has 0 aliphatic heterocycles. The van der Waals surface area contributed by atoms with Crippen molar-refractivity contribution < 1.29 is 9.32 Å². The number of nitrogens with one attached hydrogen (secondary N) is 2. The number of carbonyl (C=O) groups excluding carboxylic acids is 1. The van der Waals surface area contributed by atoms with Crippen LogP contribution in [-0.2, 0) is 11.3 Å². The van der Waals surface area contributed by atoms with E-state index < -0.39 is 5.41 Å². The Morgan fingerprint density at radius 3 is 2.54 bits per heavy atom. The van der Waals surface area contributed by atoms with Crippen molar-refractivity contribution in [2.24, 2.45) is 16.1 Å². The molecule has 0 aromatic carbocycles. The maximum absolute atomic E-state index is 11.4. The maximum Gasteiger partial charge on any atom is 0.224 e. The van der Waals surface area contributed by atoms with Crippen LogP contribution in [0.3, 0.4) is 0 Å². The summed E-state index contributed by atoms with van der Waals surface area (Å²) >= 11 is 0. The van der Waals surface area contributed by atoms with Gasteiger partial charge in [0, 0.05) is 25.1 Å². The number of nitrogens with zero attached hydrogens (tertiary/aromatic N) is 2. The molecule has 4 N–H and O–H groups in total. The lowest BCUT2D eigenvalue weighted by Crippen LogP contribution is -2.46. The van der Waals surface area contributed by atoms with Gasteiger partial charge in [-0.3, -0.25) is 4.79 Å². The number of guanidine groups is 1. The van der Waals surface area contributed by atoms with E-state index in [2.05, 4.69) is 34.6 Å². The molecule has 0 bridgehead atoms. The summed E-state index contributed by atoms with van der Waals surface area (Å²) < 4.78 is 5.37. The van der Waals surface area contributed by atoms with Crippen LogP contribution in [0.25, 0.3) is 0 Å². The lowest BCUT2D eigenvalue weighted by molar-refractivity contribution is -0.125. The summed E-state index contributed by atoms with van der Waals surface area (Å²) in [6.45, 7) is 11.4. The Hall–Kier alpha value is -2.05. The number of rotatable bonds is 9. The lowest BCUT2D eigenvalue weighted by Gasteiger charge is -2.22. The minimum absolute atomic E-state index is 0.351. The Morgan fingerprint density at radius 1 is 1.33 bits per heavy atom. The largest absolute Gasteiger partial charge is 0.369 e. The summed E-state index contributed by atoms with van der Waals surface area (Å²) in [6.07, 6.45) is 2.08. The molecule has 0 radical (unpaired) electrons. The number of aliphatic imine (C=N–C) groups is 1. The van der Waals surface area contributed by atoms with Crippen LogP contribution in [0.1, 0.15) is 64.8 Å². The number of nitrogens with two attached hydrogens (primary N) is 1. The number of amides is 1. The Bertz CT molecular complexity index is 547. The van der Waals surface area contributed by atoms with Crippen molar-refractivity contribution in [1.82, 2.24) is 15.8 Å². The van der Waals surface area contributed by atoms with E-state index >= 15 is 0 Å². The van der Waals surface area contributed by atoms with Gasteiger partial charge in [0.25, 0.3) is 0 Å². The van der Waals surface area contributed by atoms with E-state index in [0.29, 0.717) is 25.0 Å². The van der Waals surface area contributed by atoms with Crippen molar-refractivity contribution >= 4 is 11.9 Å². The van der Waals surface area contributed by atoms with Crippen LogP contribution >= 0.6 is 0 Å². The van der Waals surface area contributed by atoms with Gasteiger partial charge in [-0.05, 0) is 33.6 Å². The molecule has 0 saturated carbocycles. The number of aromatic nitrogens is 1. The molecule has 0 unspecified atom stereocenters. The molecule has 7 heteroatoms. The Morgan fingerprint density at radius 2 is 2.00 bits per heavy atom. The van der Waals surface area contributed by atoms with Gasteiger partial charge >= 0.3 is 0 Å². The van der Waals surface area contributed by atoms with Gasteiger partial charge in [0.1, 0.15) is 6.54 Å². The van der Waals surface area contributed by atoms with Gasteiger partial charge < -0.3 is 20.9 Å². The third-order valence-electron chi connectivity index (χ3n) is 4.08. The first-order chi connectivity index (χ1) is 11.3. The minimum atomic E-state index is -0.648. The van der Waals surface area contributed by atoms with Gasteiger partial charge in [-0.15, -0.1) is 0 Å². The molecule has 0 aliphatic rings. The second-order valence-corrected chi connectivity index (χ2v) is 6.53. The second-order valence-electron chi connectivity index (χ2n) is 6.53. The zero-order valence-corrected chi connectivity index (χ0v) is 15.5. The average molecular weight is 337 g/mol. The first kappa shape index (κ1) is 20.0. The standard InChI is InChI=1S/C17H31N5O2/c1-6-12(7-2)14-9-13(24-22-14)10-20-16(19-8-3)21-11-17(4,5)15(18)23/h9,12H,6-8,10-11H2,1-5H3,(H2,18,23)(H2,19,20,21). The van der Waals surface area contributed by atoms with Crippen molar-refractivity contribution in [1.29, 1.82) is 0 Å². The predicted molar refractivity (Wildman–Crippen MR) is 95.6 cm³/mol. The number of hydrogen-bond donors (Lipinski definition) is 3. The summed E-state index contributed by atoms with van der Waals surface area (Å²) in [7, 11) is 0. The third kappa shape index (κ3) is 5.86. The summed E-state index contributed by atoms with van der Waals surface area (Å²) in [5, 5.41) is 10.4. The van der Waals surface area contributed by atoms with Gasteiger partial charge in [-0.2, -0.15) is 0 Å². The fourth-order valence-corrected chi connectivity index (χ4v) is 2.19. The Kier molecular flexibility index (Phi) is 7.74. The molecular formula is C17H31N5O2. The van der Waals surface area contributed by atoms with E-state index in [9.17, 15) is 4.79 Å². The van der Waals surface area contributed by atoms with Crippen molar-refractivity contribution in [3.8, 4) is 0 Å². The molecular weight excluding hydrogens is 306 g/mol. The Labute approximate surface area is 144 Å². The third-order valence-corrected chi connectivity index (χ3v) is 4.08. The molecule has 1 aromatic heterocycles. The predicted octanol–water partition coefficient (Wildman–Crippen LogP) is 2.14. The first-order valence-electron chi connectivity index (χ1n) is 8.61. The summed E-state index contributed by atoms with van der Waals surface area (Å²) in [4.78, 5) is 15.9. The number of carbonyl (C=O) groups is 1. The topological polar surface area (TPSA) is 106 Å². The van der Waals surface area contributed by atoms with Gasteiger partial charge in [0.05, 0.1) is 11.1 Å². The molecule has 0 aliphatic carbocycles. The van der Waals surface area contributed by atoms with E-state index in [1.165, 1.54) is 0 Å². The van der Waals surface area contributed by atoms with Gasteiger partial charge in [0.2, 0.25) is 5.91 Å². The highest BCUT2D eigenvalue weighted by Crippen LogP contribution is 2.22. The highest BCUT2D eigenvalue weighted by molar-refractivity contribution is 5.83. The van der Waals surface area contributed by atoms with E-state index in [1.54, 1.807) is 13.8 Å². The normalized spacial score (nSPS) is 12.5. The molecule has 0 fully saturated rings.